The number of rotatable bonds is 5. The number of aryl methyl sites for hydroxylation is 2. The van der Waals surface area contributed by atoms with E-state index in [1.54, 1.807) is 24.3 Å². The quantitative estimate of drug-likeness (QED) is 0.280. The highest BCUT2D eigenvalue weighted by molar-refractivity contribution is 9.10. The molecule has 0 aromatic heterocycles. The minimum absolute atomic E-state index is 0.0777. The Labute approximate surface area is 176 Å². The number of nitrogens with zero attached hydrogens (tertiary/aromatic N) is 2. The summed E-state index contributed by atoms with van der Waals surface area (Å²) in [4.78, 5) is 11.0. The lowest BCUT2D eigenvalue weighted by Gasteiger charge is -2.15. The van der Waals surface area contributed by atoms with E-state index in [1.807, 2.05) is 32.0 Å². The lowest BCUT2D eigenvalue weighted by atomic mass is 10.1. The first-order valence-electron chi connectivity index (χ1n) is 8.58. The van der Waals surface area contributed by atoms with Crippen LogP contribution in [0.5, 0.6) is 11.5 Å². The van der Waals surface area contributed by atoms with E-state index in [4.69, 9.17) is 15.7 Å². The summed E-state index contributed by atoms with van der Waals surface area (Å²) in [6, 6.07) is 15.4. The van der Waals surface area contributed by atoms with Crippen LogP contribution in [0.15, 0.2) is 53.0 Å². The zero-order chi connectivity index (χ0) is 21.1. The van der Waals surface area contributed by atoms with Gasteiger partial charge in [0.25, 0.3) is 0 Å². The second-order valence-corrected chi connectivity index (χ2v) is 7.36. The number of nitro groups is 1. The molecule has 0 aliphatic carbocycles. The fourth-order valence-corrected chi connectivity index (χ4v) is 3.56. The van der Waals surface area contributed by atoms with Crippen molar-refractivity contribution in [1.82, 2.24) is 0 Å². The van der Waals surface area contributed by atoms with Crippen LogP contribution in [0.25, 0.3) is 0 Å². The molecule has 3 N–H and O–H groups in total. The molecule has 0 saturated heterocycles. The first-order valence-corrected chi connectivity index (χ1v) is 9.37. The number of ether oxygens (including phenoxy) is 1. The topological polar surface area (TPSA) is 114 Å². The fourth-order valence-electron chi connectivity index (χ4n) is 2.87. The van der Waals surface area contributed by atoms with Gasteiger partial charge < -0.3 is 15.8 Å². The Balaban J connectivity index is 2.02. The van der Waals surface area contributed by atoms with Crippen molar-refractivity contribution in [2.45, 2.75) is 13.8 Å². The molecule has 0 saturated carbocycles. The zero-order valence-corrected chi connectivity index (χ0v) is 17.3. The zero-order valence-electron chi connectivity index (χ0n) is 15.7. The van der Waals surface area contributed by atoms with Crippen LogP contribution >= 0.6 is 15.9 Å². The summed E-state index contributed by atoms with van der Waals surface area (Å²) in [7, 11) is 0. The molecule has 3 rings (SSSR count). The average molecular weight is 453 g/mol. The first-order chi connectivity index (χ1) is 13.8. The molecule has 0 spiro atoms. The Morgan fingerprint density at radius 1 is 1.14 bits per heavy atom. The molecule has 0 aliphatic rings. The summed E-state index contributed by atoms with van der Waals surface area (Å²) in [5.41, 5.74) is 9.35. The second kappa shape index (κ2) is 8.20. The molecule has 0 atom stereocenters. The van der Waals surface area contributed by atoms with Gasteiger partial charge in [-0.1, -0.05) is 15.9 Å². The van der Waals surface area contributed by atoms with Crippen molar-refractivity contribution in [3.63, 3.8) is 0 Å². The van der Waals surface area contributed by atoms with Gasteiger partial charge in [-0.15, -0.1) is 0 Å². The summed E-state index contributed by atoms with van der Waals surface area (Å²) < 4.78 is 6.85. The van der Waals surface area contributed by atoms with Crippen LogP contribution in [0.3, 0.4) is 0 Å². The van der Waals surface area contributed by atoms with Gasteiger partial charge in [-0.25, -0.2) is 0 Å². The number of hydrogen-bond donors (Lipinski definition) is 2. The number of nitrogens with one attached hydrogen (secondary N) is 1. The summed E-state index contributed by atoms with van der Waals surface area (Å²) in [6.07, 6.45) is 0. The lowest BCUT2D eigenvalue weighted by molar-refractivity contribution is -0.385. The van der Waals surface area contributed by atoms with Crippen LogP contribution in [0.1, 0.15) is 16.7 Å². The summed E-state index contributed by atoms with van der Waals surface area (Å²) >= 11 is 3.43. The standard InChI is InChI=1S/C21H17BrN4O3/c1-12-7-15(22)8-13(2)21(12)29-20-10-18(17(24)9-19(20)26(27)28)25-16-5-3-14(11-23)4-6-16/h3-10,25H,24H2,1-2H3. The van der Waals surface area contributed by atoms with Crippen LogP contribution in [-0.4, -0.2) is 4.92 Å². The van der Waals surface area contributed by atoms with E-state index in [9.17, 15) is 10.1 Å². The summed E-state index contributed by atoms with van der Waals surface area (Å²) in [5.74, 6) is 0.624. The van der Waals surface area contributed by atoms with Crippen LogP contribution < -0.4 is 15.8 Å². The van der Waals surface area contributed by atoms with Gasteiger partial charge in [0.05, 0.1) is 27.9 Å². The molecule has 7 nitrogen and oxygen atoms in total. The number of nitriles is 1. The molecule has 3 aromatic carbocycles. The molecule has 8 heteroatoms. The summed E-state index contributed by atoms with van der Waals surface area (Å²) in [6.45, 7) is 3.73. The maximum Gasteiger partial charge on any atom is 0.313 e. The smallest absolute Gasteiger partial charge is 0.313 e. The molecule has 0 aliphatic heterocycles. The van der Waals surface area contributed by atoms with Crippen molar-refractivity contribution in [3.05, 3.63) is 79.8 Å². The van der Waals surface area contributed by atoms with Crippen molar-refractivity contribution in [1.29, 1.82) is 5.26 Å². The molecule has 0 amide bonds. The average Bonchev–Trinajstić information content (AvgIpc) is 2.67. The minimum atomic E-state index is -0.527. The number of nitro benzene ring substituents is 1. The Morgan fingerprint density at radius 2 is 1.76 bits per heavy atom. The molecule has 0 radical (unpaired) electrons. The molecular formula is C21H17BrN4O3. The lowest BCUT2D eigenvalue weighted by Crippen LogP contribution is -2.01. The molecule has 0 bridgehead atoms. The van der Waals surface area contributed by atoms with E-state index < -0.39 is 4.92 Å². The Bertz CT molecular complexity index is 1110. The third-order valence-electron chi connectivity index (χ3n) is 4.26. The molecule has 29 heavy (non-hydrogen) atoms. The van der Waals surface area contributed by atoms with Crippen molar-refractivity contribution < 1.29 is 9.66 Å². The van der Waals surface area contributed by atoms with Gasteiger partial charge in [0, 0.05) is 22.3 Å². The predicted octanol–water partition coefficient (Wildman–Crippen LogP) is 5.96. The fraction of sp³-hybridized carbons (Fsp3) is 0.0952. The Morgan fingerprint density at radius 3 is 2.31 bits per heavy atom. The SMILES string of the molecule is Cc1cc(Br)cc(C)c1Oc1cc(Nc2ccc(C#N)cc2)c(N)cc1[N+](=O)[O-]. The number of nitrogens with two attached hydrogens (primary N) is 1. The predicted molar refractivity (Wildman–Crippen MR) is 116 cm³/mol. The van der Waals surface area contributed by atoms with Crippen molar-refractivity contribution in [2.75, 3.05) is 11.1 Å². The van der Waals surface area contributed by atoms with Crippen LogP contribution in [-0.2, 0) is 0 Å². The van der Waals surface area contributed by atoms with Crippen LogP contribution in [0, 0.1) is 35.3 Å². The highest BCUT2D eigenvalue weighted by Crippen LogP contribution is 2.40. The van der Waals surface area contributed by atoms with Crippen molar-refractivity contribution in [3.8, 4) is 17.6 Å². The molecular weight excluding hydrogens is 436 g/mol. The normalized spacial score (nSPS) is 10.3. The van der Waals surface area contributed by atoms with Crippen molar-refractivity contribution >= 4 is 38.7 Å². The van der Waals surface area contributed by atoms with Gasteiger partial charge in [0.1, 0.15) is 5.75 Å². The maximum atomic E-state index is 11.5. The van der Waals surface area contributed by atoms with E-state index in [-0.39, 0.29) is 17.1 Å². The van der Waals surface area contributed by atoms with Crippen LogP contribution in [0.2, 0.25) is 0 Å². The minimum Gasteiger partial charge on any atom is -0.449 e. The van der Waals surface area contributed by atoms with Gasteiger partial charge in [-0.2, -0.15) is 5.26 Å². The molecule has 146 valence electrons. The molecule has 3 aromatic rings. The highest BCUT2D eigenvalue weighted by atomic mass is 79.9. The Hall–Kier alpha value is -3.57. The van der Waals surface area contributed by atoms with E-state index in [0.29, 0.717) is 22.7 Å². The van der Waals surface area contributed by atoms with E-state index >= 15 is 0 Å². The second-order valence-electron chi connectivity index (χ2n) is 6.45. The third kappa shape index (κ3) is 4.47. The molecule has 0 heterocycles. The first kappa shape index (κ1) is 20.2. The van der Waals surface area contributed by atoms with Gasteiger partial charge in [-0.3, -0.25) is 10.1 Å². The molecule has 0 fully saturated rings. The summed E-state index contributed by atoms with van der Waals surface area (Å²) in [5, 5.41) is 23.6. The van der Waals surface area contributed by atoms with Crippen LogP contribution in [0.4, 0.5) is 22.7 Å². The Kier molecular flexibility index (Phi) is 5.71. The number of anilines is 3. The highest BCUT2D eigenvalue weighted by Gasteiger charge is 2.21. The molecule has 0 unspecified atom stereocenters. The van der Waals surface area contributed by atoms with Gasteiger partial charge in [0.15, 0.2) is 0 Å². The van der Waals surface area contributed by atoms with Crippen molar-refractivity contribution in [2.24, 2.45) is 0 Å². The number of benzene rings is 3. The number of hydrogen-bond acceptors (Lipinski definition) is 6. The van der Waals surface area contributed by atoms with Gasteiger partial charge >= 0.3 is 5.69 Å². The monoisotopic (exact) mass is 452 g/mol. The van der Waals surface area contributed by atoms with Gasteiger partial charge in [-0.05, 0) is 61.4 Å². The number of halogens is 1. The maximum absolute atomic E-state index is 11.5. The third-order valence-corrected chi connectivity index (χ3v) is 4.72. The number of nitrogen functional groups attached to an aromatic ring is 1. The van der Waals surface area contributed by atoms with E-state index in [0.717, 1.165) is 15.6 Å². The van der Waals surface area contributed by atoms with E-state index in [1.165, 1.54) is 12.1 Å². The van der Waals surface area contributed by atoms with Gasteiger partial charge in [0.2, 0.25) is 5.75 Å². The van der Waals surface area contributed by atoms with E-state index in [2.05, 4.69) is 21.2 Å². The largest absolute Gasteiger partial charge is 0.449 e.